The van der Waals surface area contributed by atoms with Crippen LogP contribution in [0.25, 0.3) is 21.3 Å². The van der Waals surface area contributed by atoms with Crippen molar-refractivity contribution in [2.45, 2.75) is 31.1 Å². The van der Waals surface area contributed by atoms with Crippen LogP contribution in [0.2, 0.25) is 0 Å². The Hall–Kier alpha value is -2.68. The van der Waals surface area contributed by atoms with Gasteiger partial charge in [0.15, 0.2) is 11.8 Å². The summed E-state index contributed by atoms with van der Waals surface area (Å²) in [5.41, 5.74) is 5.88. The number of nitrogens with zero attached hydrogens (tertiary/aromatic N) is 4. The zero-order valence-electron chi connectivity index (χ0n) is 17.3. The fourth-order valence-corrected chi connectivity index (χ4v) is 5.39. The molecule has 3 aromatic heterocycles. The lowest BCUT2D eigenvalue weighted by molar-refractivity contribution is -0.745. The van der Waals surface area contributed by atoms with Crippen molar-refractivity contribution in [3.05, 3.63) is 41.5 Å². The molecule has 1 aliphatic rings. The molecule has 5 rings (SSSR count). The Kier molecular flexibility index (Phi) is 5.78. The molecular weight excluding hydrogens is 489 g/mol. The Morgan fingerprint density at radius 3 is 2.76 bits per heavy atom. The molecule has 1 fully saturated rings. The fourth-order valence-electron chi connectivity index (χ4n) is 3.99. The minimum absolute atomic E-state index is 0.0754. The van der Waals surface area contributed by atoms with Crippen LogP contribution in [0.4, 0.5) is 5.95 Å². The summed E-state index contributed by atoms with van der Waals surface area (Å²) in [4.78, 5) is 26.7. The second-order valence-electron chi connectivity index (χ2n) is 7.79. The molecule has 0 spiro atoms. The molecule has 1 saturated heterocycles. The average Bonchev–Trinajstić information content (AvgIpc) is 3.41. The third-order valence-electron chi connectivity index (χ3n) is 5.47. The van der Waals surface area contributed by atoms with Crippen LogP contribution in [0.5, 0.6) is 5.88 Å². The summed E-state index contributed by atoms with van der Waals surface area (Å²) in [6.45, 7) is -0.370. The Labute approximate surface area is 195 Å². The molecule has 0 unspecified atom stereocenters. The lowest BCUT2D eigenvalue weighted by Crippen LogP contribution is -2.46. The van der Waals surface area contributed by atoms with Gasteiger partial charge in [-0.15, -0.1) is 11.3 Å². The largest absolute Gasteiger partial charge is 0.856 e. The highest BCUT2D eigenvalue weighted by atomic mass is 32.1. The normalized spacial score (nSPS) is 23.3. The molecule has 0 amide bonds. The van der Waals surface area contributed by atoms with Crippen molar-refractivity contribution in [3.8, 4) is 5.88 Å². The van der Waals surface area contributed by atoms with Gasteiger partial charge in [0.1, 0.15) is 24.9 Å². The van der Waals surface area contributed by atoms with Crippen LogP contribution in [-0.4, -0.2) is 59.5 Å². The van der Waals surface area contributed by atoms with Gasteiger partial charge in [-0.25, -0.2) is 14.1 Å². The van der Waals surface area contributed by atoms with Gasteiger partial charge < -0.3 is 35.6 Å². The number of hydrogen-bond acceptors (Lipinski definition) is 10. The molecule has 1 aliphatic heterocycles. The van der Waals surface area contributed by atoms with E-state index >= 15 is 0 Å². The number of ether oxygens (including phenoxy) is 1. The highest BCUT2D eigenvalue weighted by molar-refractivity contribution is 7.46. The fraction of sp³-hybridized carbons (Fsp3) is 0.316. The van der Waals surface area contributed by atoms with Gasteiger partial charge in [-0.2, -0.15) is 0 Å². The number of aromatic nitrogens is 4. The molecule has 15 heteroatoms. The number of aliphatic hydroxyl groups is 2. The number of anilines is 1. The lowest BCUT2D eigenvalue weighted by atomic mass is 10.1. The smallest absolute Gasteiger partial charge is 0.469 e. The quantitative estimate of drug-likeness (QED) is 0.164. The predicted molar refractivity (Wildman–Crippen MR) is 116 cm³/mol. The molecule has 180 valence electrons. The third kappa shape index (κ3) is 4.26. The molecule has 0 radical (unpaired) electrons. The Morgan fingerprint density at radius 2 is 2.03 bits per heavy atom. The maximum atomic E-state index is 12.7. The maximum Gasteiger partial charge on any atom is 0.469 e. The summed E-state index contributed by atoms with van der Waals surface area (Å²) >= 11 is 1.55. The summed E-state index contributed by atoms with van der Waals surface area (Å²) in [7, 11) is -4.82. The van der Waals surface area contributed by atoms with Crippen molar-refractivity contribution in [1.82, 2.24) is 14.5 Å². The lowest BCUT2D eigenvalue weighted by Gasteiger charge is -2.14. The van der Waals surface area contributed by atoms with E-state index in [2.05, 4.69) is 14.5 Å². The van der Waals surface area contributed by atoms with Crippen LogP contribution >= 0.6 is 19.2 Å². The number of fused-ring (bicyclic) bond motifs is 2. The summed E-state index contributed by atoms with van der Waals surface area (Å²) in [5.74, 6) is -0.906. The molecule has 34 heavy (non-hydrogen) atoms. The van der Waals surface area contributed by atoms with Crippen molar-refractivity contribution >= 4 is 46.4 Å². The maximum absolute atomic E-state index is 12.7. The van der Waals surface area contributed by atoms with Gasteiger partial charge in [-0.05, 0) is 17.5 Å². The highest BCUT2D eigenvalue weighted by Crippen LogP contribution is 2.38. The van der Waals surface area contributed by atoms with E-state index in [0.717, 1.165) is 15.0 Å². The molecular formula is C19H20N5O8PS. The van der Waals surface area contributed by atoms with Crippen molar-refractivity contribution in [2.24, 2.45) is 0 Å². The first kappa shape index (κ1) is 23.1. The summed E-state index contributed by atoms with van der Waals surface area (Å²) < 4.78 is 25.1. The standard InChI is InChI=1S/C19H20N5O8PS/c20-19-21-16-13(17(27)22-19)23(6-10-5-9-3-1-2-4-12(9)34-10)8-24(16)18-15(26)14(25)11(32-18)7-31-33(28,29)30/h1-5,8,11,14-15,18,25-26H,6-7H2,(H4-,20,21,22,27,28,29,30)/t11-,14-,15-,18-/m0/s1. The van der Waals surface area contributed by atoms with Crippen molar-refractivity contribution in [2.75, 3.05) is 12.3 Å². The van der Waals surface area contributed by atoms with Crippen LogP contribution in [0, 0.1) is 0 Å². The highest BCUT2D eigenvalue weighted by Gasteiger charge is 2.47. The van der Waals surface area contributed by atoms with E-state index in [4.69, 9.17) is 20.3 Å². The minimum Gasteiger partial charge on any atom is -0.856 e. The molecule has 4 heterocycles. The van der Waals surface area contributed by atoms with E-state index in [1.165, 1.54) is 10.9 Å². The number of hydrogen-bond donors (Lipinski definition) is 5. The second-order valence-corrected chi connectivity index (χ2v) is 10.2. The van der Waals surface area contributed by atoms with Crippen molar-refractivity contribution in [1.29, 1.82) is 0 Å². The van der Waals surface area contributed by atoms with E-state index in [1.54, 1.807) is 15.9 Å². The van der Waals surface area contributed by atoms with Gasteiger partial charge in [0.05, 0.1) is 6.61 Å². The van der Waals surface area contributed by atoms with Crippen LogP contribution in [0.1, 0.15) is 11.1 Å². The first-order valence-electron chi connectivity index (χ1n) is 10.0. The van der Waals surface area contributed by atoms with E-state index in [9.17, 15) is 19.9 Å². The summed E-state index contributed by atoms with van der Waals surface area (Å²) in [6, 6.07) is 9.84. The first-order chi connectivity index (χ1) is 16.1. The number of benzene rings is 1. The number of imidazole rings is 1. The molecule has 13 nitrogen and oxygen atoms in total. The first-order valence-corrected chi connectivity index (χ1v) is 12.4. The molecule has 4 aromatic rings. The SMILES string of the molecule is Nc1nc([O-])c2c(n1)[n+]([C@H]1O[C@@H](COP(=O)(O)O)[C@H](O)[C@@H]1O)cn2Cc1cc2ccccc2s1. The predicted octanol–water partition coefficient (Wildman–Crippen LogP) is -0.634. The zero-order chi connectivity index (χ0) is 24.2. The number of nitrogens with two attached hydrogens (primary N) is 1. The number of phosphoric ester groups is 1. The molecule has 4 atom stereocenters. The van der Waals surface area contributed by atoms with Crippen LogP contribution in [0.15, 0.2) is 36.7 Å². The van der Waals surface area contributed by atoms with Gasteiger partial charge in [0.25, 0.3) is 5.95 Å². The van der Waals surface area contributed by atoms with Gasteiger partial charge >= 0.3 is 13.5 Å². The van der Waals surface area contributed by atoms with Gasteiger partial charge in [-0.3, -0.25) is 9.09 Å². The molecule has 0 saturated carbocycles. The van der Waals surface area contributed by atoms with E-state index in [1.807, 2.05) is 30.3 Å². The van der Waals surface area contributed by atoms with Gasteiger partial charge in [0, 0.05) is 15.5 Å². The number of aliphatic hydroxyl groups excluding tert-OH is 2. The zero-order valence-corrected chi connectivity index (χ0v) is 19.0. The number of phosphoric acid groups is 1. The Balaban J connectivity index is 1.53. The summed E-state index contributed by atoms with van der Waals surface area (Å²) in [6.07, 6.45) is -4.01. The van der Waals surface area contributed by atoms with Gasteiger partial charge in [0.2, 0.25) is 6.23 Å². The number of nitrogen functional groups attached to an aromatic ring is 1. The molecule has 1 aromatic carbocycles. The molecule has 0 aliphatic carbocycles. The van der Waals surface area contributed by atoms with Crippen molar-refractivity contribution in [3.63, 3.8) is 0 Å². The van der Waals surface area contributed by atoms with E-state index < -0.39 is 44.8 Å². The average molecular weight is 509 g/mol. The van der Waals surface area contributed by atoms with Gasteiger partial charge in [-0.1, -0.05) is 23.2 Å². The second kappa shape index (κ2) is 8.52. The number of thiophene rings is 1. The Morgan fingerprint density at radius 1 is 1.26 bits per heavy atom. The molecule has 0 bridgehead atoms. The minimum atomic E-state index is -4.82. The molecule has 6 N–H and O–H groups in total. The van der Waals surface area contributed by atoms with E-state index in [0.29, 0.717) is 6.54 Å². The van der Waals surface area contributed by atoms with Crippen molar-refractivity contribution < 1.29 is 43.5 Å². The van der Waals surface area contributed by atoms with Crippen LogP contribution < -0.4 is 15.4 Å². The Bertz CT molecular complexity index is 1390. The van der Waals surface area contributed by atoms with Crippen LogP contribution in [-0.2, 0) is 20.4 Å². The third-order valence-corrected chi connectivity index (χ3v) is 7.05. The van der Waals surface area contributed by atoms with E-state index in [-0.39, 0.29) is 17.1 Å². The summed E-state index contributed by atoms with van der Waals surface area (Å²) in [5, 5.41) is 34.7. The topological polar surface area (TPSA) is 200 Å². The van der Waals surface area contributed by atoms with Crippen LogP contribution in [0.3, 0.4) is 0 Å². The monoisotopic (exact) mass is 509 g/mol. The number of rotatable bonds is 6.